The van der Waals surface area contributed by atoms with Gasteiger partial charge in [0.15, 0.2) is 0 Å². The van der Waals surface area contributed by atoms with E-state index >= 15 is 0 Å². The highest BCUT2D eigenvalue weighted by Crippen LogP contribution is 2.44. The Bertz CT molecular complexity index is 532. The minimum Gasteiger partial charge on any atom is -0.0895 e. The maximum atomic E-state index is 2.18. The molecule has 0 nitrogen and oxygen atoms in total. The van der Waals surface area contributed by atoms with Gasteiger partial charge in [-0.2, -0.15) is 0 Å². The maximum Gasteiger partial charge on any atom is 0.0571 e. The summed E-state index contributed by atoms with van der Waals surface area (Å²) in [5.41, 5.74) is 3.89. The van der Waals surface area contributed by atoms with Gasteiger partial charge >= 0.3 is 0 Å². The molecule has 0 atom stereocenters. The fourth-order valence-corrected chi connectivity index (χ4v) is 3.89. The minimum absolute atomic E-state index is 1.28. The molecule has 0 aliphatic carbocycles. The first-order valence-corrected chi connectivity index (χ1v) is 7.54. The van der Waals surface area contributed by atoms with E-state index in [0.29, 0.717) is 0 Å². The second-order valence-corrected chi connectivity index (χ2v) is 5.99. The first-order chi connectivity index (χ1) is 8.95. The van der Waals surface area contributed by atoms with Crippen molar-refractivity contribution in [2.45, 2.75) is 0 Å². The summed E-state index contributed by atoms with van der Waals surface area (Å²) in [6.45, 7) is 0. The monoisotopic (exact) mass is 268 g/mol. The molecule has 0 unspecified atom stereocenters. The molecular formula is C16H12S2. The normalized spacial score (nSPS) is 13.9. The highest BCUT2D eigenvalue weighted by molar-refractivity contribution is 8.27. The van der Waals surface area contributed by atoms with E-state index in [1.54, 1.807) is 23.5 Å². The number of benzene rings is 2. The molecule has 0 bridgehead atoms. The summed E-state index contributed by atoms with van der Waals surface area (Å²) in [6, 6.07) is 21.2. The second kappa shape index (κ2) is 5.51. The lowest BCUT2D eigenvalue weighted by Gasteiger charge is -2.11. The van der Waals surface area contributed by atoms with Crippen LogP contribution in [-0.2, 0) is 0 Å². The van der Waals surface area contributed by atoms with Gasteiger partial charge in [0.25, 0.3) is 0 Å². The van der Waals surface area contributed by atoms with Crippen molar-refractivity contribution in [2.24, 2.45) is 0 Å². The predicted octanol–water partition coefficient (Wildman–Crippen LogP) is 5.35. The standard InChI is InChI=1S/C16H12S2/c1-3-7-13(8-4-1)15(16-17-11-12-18-16)14-9-5-2-6-10-14/h1-12H. The quantitative estimate of drug-likeness (QED) is 0.719. The van der Waals surface area contributed by atoms with Crippen molar-refractivity contribution in [1.29, 1.82) is 0 Å². The summed E-state index contributed by atoms with van der Waals surface area (Å²) < 4.78 is 1.35. The second-order valence-electron chi connectivity index (χ2n) is 3.90. The van der Waals surface area contributed by atoms with Gasteiger partial charge in [0.05, 0.1) is 4.24 Å². The molecule has 2 aromatic rings. The van der Waals surface area contributed by atoms with E-state index in [9.17, 15) is 0 Å². The highest BCUT2D eigenvalue weighted by atomic mass is 32.2. The SMILES string of the molecule is C1=CSC(=C(c2ccccc2)c2ccccc2)S1. The van der Waals surface area contributed by atoms with Crippen LogP contribution >= 0.6 is 23.5 Å². The van der Waals surface area contributed by atoms with Gasteiger partial charge in [0.1, 0.15) is 0 Å². The van der Waals surface area contributed by atoms with Gasteiger partial charge in [-0.05, 0) is 21.9 Å². The Morgan fingerprint density at radius 1 is 0.611 bits per heavy atom. The first-order valence-electron chi connectivity index (χ1n) is 5.78. The molecule has 0 aromatic heterocycles. The number of rotatable bonds is 2. The zero-order valence-corrected chi connectivity index (χ0v) is 11.4. The molecule has 0 saturated heterocycles. The average molecular weight is 268 g/mol. The Kier molecular flexibility index (Phi) is 3.58. The third-order valence-electron chi connectivity index (χ3n) is 2.73. The van der Waals surface area contributed by atoms with Crippen LogP contribution in [0, 0.1) is 0 Å². The maximum absolute atomic E-state index is 2.18. The van der Waals surface area contributed by atoms with Gasteiger partial charge in [0.2, 0.25) is 0 Å². The lowest BCUT2D eigenvalue weighted by Crippen LogP contribution is -1.89. The molecular weight excluding hydrogens is 256 g/mol. The van der Waals surface area contributed by atoms with Gasteiger partial charge < -0.3 is 0 Å². The van der Waals surface area contributed by atoms with Gasteiger partial charge in [-0.25, -0.2) is 0 Å². The molecule has 2 heteroatoms. The van der Waals surface area contributed by atoms with E-state index < -0.39 is 0 Å². The molecule has 0 amide bonds. The molecule has 0 radical (unpaired) electrons. The molecule has 1 aliphatic heterocycles. The van der Waals surface area contributed by atoms with Crippen molar-refractivity contribution in [3.8, 4) is 0 Å². The van der Waals surface area contributed by atoms with E-state index in [-0.39, 0.29) is 0 Å². The average Bonchev–Trinajstić information content (AvgIpc) is 2.95. The van der Waals surface area contributed by atoms with Crippen LogP contribution < -0.4 is 0 Å². The summed E-state index contributed by atoms with van der Waals surface area (Å²) in [6.07, 6.45) is 0. The van der Waals surface area contributed by atoms with Crippen LogP contribution in [0.25, 0.3) is 5.57 Å². The number of thioether (sulfide) groups is 2. The Morgan fingerprint density at radius 2 is 1.06 bits per heavy atom. The lowest BCUT2D eigenvalue weighted by atomic mass is 10.00. The van der Waals surface area contributed by atoms with Gasteiger partial charge in [-0.1, -0.05) is 84.2 Å². The topological polar surface area (TPSA) is 0 Å². The fourth-order valence-electron chi connectivity index (χ4n) is 1.94. The van der Waals surface area contributed by atoms with Crippen molar-refractivity contribution in [3.63, 3.8) is 0 Å². The number of hydrogen-bond acceptors (Lipinski definition) is 2. The summed E-state index contributed by atoms with van der Waals surface area (Å²) >= 11 is 3.60. The molecule has 0 fully saturated rings. The van der Waals surface area contributed by atoms with Crippen LogP contribution in [0.1, 0.15) is 11.1 Å². The van der Waals surface area contributed by atoms with Gasteiger partial charge in [-0.15, -0.1) is 0 Å². The summed E-state index contributed by atoms with van der Waals surface area (Å²) in [5, 5.41) is 4.29. The summed E-state index contributed by atoms with van der Waals surface area (Å²) in [7, 11) is 0. The van der Waals surface area contributed by atoms with E-state index in [1.807, 2.05) is 0 Å². The molecule has 3 rings (SSSR count). The number of hydrogen-bond donors (Lipinski definition) is 0. The predicted molar refractivity (Wildman–Crippen MR) is 83.2 cm³/mol. The molecule has 0 saturated carbocycles. The van der Waals surface area contributed by atoms with E-state index in [4.69, 9.17) is 0 Å². The Hall–Kier alpha value is -1.38. The van der Waals surface area contributed by atoms with Crippen LogP contribution in [0.5, 0.6) is 0 Å². The molecule has 18 heavy (non-hydrogen) atoms. The molecule has 0 N–H and O–H groups in total. The molecule has 1 heterocycles. The van der Waals surface area contributed by atoms with Gasteiger partial charge in [0, 0.05) is 5.57 Å². The van der Waals surface area contributed by atoms with E-state index in [2.05, 4.69) is 71.5 Å². The van der Waals surface area contributed by atoms with Crippen LogP contribution in [0.3, 0.4) is 0 Å². The largest absolute Gasteiger partial charge is 0.0895 e. The lowest BCUT2D eigenvalue weighted by molar-refractivity contribution is 1.55. The Labute approximate surface area is 116 Å². The fraction of sp³-hybridized carbons (Fsp3) is 0. The first kappa shape index (κ1) is 11.7. The molecule has 0 spiro atoms. The molecule has 2 aromatic carbocycles. The van der Waals surface area contributed by atoms with Crippen LogP contribution in [-0.4, -0.2) is 0 Å². The van der Waals surface area contributed by atoms with Gasteiger partial charge in [-0.3, -0.25) is 0 Å². The third kappa shape index (κ3) is 2.40. The van der Waals surface area contributed by atoms with Crippen LogP contribution in [0.2, 0.25) is 0 Å². The van der Waals surface area contributed by atoms with Crippen molar-refractivity contribution in [1.82, 2.24) is 0 Å². The zero-order valence-electron chi connectivity index (χ0n) is 9.74. The highest BCUT2D eigenvalue weighted by Gasteiger charge is 2.13. The van der Waals surface area contributed by atoms with Crippen molar-refractivity contribution in [3.05, 3.63) is 86.8 Å². The van der Waals surface area contributed by atoms with Crippen LogP contribution in [0.15, 0.2) is 75.7 Å². The van der Waals surface area contributed by atoms with E-state index in [1.165, 1.54) is 20.9 Å². The smallest absolute Gasteiger partial charge is 0.0571 e. The Balaban J connectivity index is 2.14. The minimum atomic E-state index is 1.28. The van der Waals surface area contributed by atoms with Crippen molar-refractivity contribution in [2.75, 3.05) is 0 Å². The molecule has 1 aliphatic rings. The van der Waals surface area contributed by atoms with Crippen molar-refractivity contribution >= 4 is 29.1 Å². The Morgan fingerprint density at radius 3 is 1.50 bits per heavy atom. The van der Waals surface area contributed by atoms with E-state index in [0.717, 1.165) is 0 Å². The third-order valence-corrected chi connectivity index (χ3v) is 4.87. The van der Waals surface area contributed by atoms with Crippen molar-refractivity contribution < 1.29 is 0 Å². The summed E-state index contributed by atoms with van der Waals surface area (Å²) in [5.74, 6) is 0. The zero-order chi connectivity index (χ0) is 12.2. The summed E-state index contributed by atoms with van der Waals surface area (Å²) in [4.78, 5) is 0. The molecule has 88 valence electrons. The van der Waals surface area contributed by atoms with Crippen LogP contribution in [0.4, 0.5) is 0 Å².